The van der Waals surface area contributed by atoms with Crippen molar-refractivity contribution in [2.75, 3.05) is 11.4 Å². The number of benzene rings is 2. The summed E-state index contributed by atoms with van der Waals surface area (Å²) < 4.78 is 0. The van der Waals surface area contributed by atoms with Crippen LogP contribution in [0.3, 0.4) is 0 Å². The van der Waals surface area contributed by atoms with Crippen LogP contribution in [0.25, 0.3) is 0 Å². The van der Waals surface area contributed by atoms with Gasteiger partial charge in [-0.15, -0.1) is 0 Å². The molecule has 3 nitrogen and oxygen atoms in total. The Morgan fingerprint density at radius 2 is 1.71 bits per heavy atom. The van der Waals surface area contributed by atoms with Gasteiger partial charge in [0, 0.05) is 20.8 Å². The third-order valence-electron chi connectivity index (χ3n) is 3.34. The molecule has 2 aromatic rings. The summed E-state index contributed by atoms with van der Waals surface area (Å²) in [4.78, 5) is 6.27. The standard InChI is InChI=1S/C15H12Cl3N3/c16-10-2-1-3-13(7-10)21-14(8-20-15(21)19)9-4-11(17)6-12(18)5-9/h1-7,14H,8H2,(H2,19,20). The van der Waals surface area contributed by atoms with E-state index < -0.39 is 0 Å². The Balaban J connectivity index is 2.02. The Kier molecular flexibility index (Phi) is 3.98. The van der Waals surface area contributed by atoms with Gasteiger partial charge in [0.05, 0.1) is 12.6 Å². The van der Waals surface area contributed by atoms with E-state index in [1.165, 1.54) is 0 Å². The van der Waals surface area contributed by atoms with Crippen LogP contribution in [0.4, 0.5) is 5.69 Å². The molecule has 1 heterocycles. The number of halogens is 3. The Bertz CT molecular complexity index is 695. The average Bonchev–Trinajstić information content (AvgIpc) is 2.79. The molecule has 0 radical (unpaired) electrons. The fraction of sp³-hybridized carbons (Fsp3) is 0.133. The minimum atomic E-state index is -0.0420. The van der Waals surface area contributed by atoms with Crippen LogP contribution in [0.1, 0.15) is 11.6 Å². The van der Waals surface area contributed by atoms with Crippen molar-refractivity contribution in [2.45, 2.75) is 6.04 Å². The number of aliphatic imine (C=N–C) groups is 1. The van der Waals surface area contributed by atoms with Crippen molar-refractivity contribution in [3.05, 3.63) is 63.1 Å². The van der Waals surface area contributed by atoms with Gasteiger partial charge in [-0.25, -0.2) is 0 Å². The maximum atomic E-state index is 6.09. The van der Waals surface area contributed by atoms with Gasteiger partial charge in [0.1, 0.15) is 0 Å². The summed E-state index contributed by atoms with van der Waals surface area (Å²) in [6.45, 7) is 0.551. The van der Waals surface area contributed by atoms with Gasteiger partial charge in [0.2, 0.25) is 0 Å². The minimum absolute atomic E-state index is 0.0420. The molecular formula is C15H12Cl3N3. The molecule has 0 aromatic heterocycles. The summed E-state index contributed by atoms with van der Waals surface area (Å²) in [7, 11) is 0. The molecule has 0 amide bonds. The molecule has 6 heteroatoms. The van der Waals surface area contributed by atoms with E-state index in [0.29, 0.717) is 27.6 Å². The second kappa shape index (κ2) is 5.76. The van der Waals surface area contributed by atoms with E-state index in [2.05, 4.69) is 4.99 Å². The van der Waals surface area contributed by atoms with E-state index in [4.69, 9.17) is 40.5 Å². The van der Waals surface area contributed by atoms with E-state index in [1.54, 1.807) is 6.07 Å². The fourth-order valence-electron chi connectivity index (χ4n) is 2.46. The van der Waals surface area contributed by atoms with Gasteiger partial charge >= 0.3 is 0 Å². The lowest BCUT2D eigenvalue weighted by Gasteiger charge is -2.27. The number of guanidine groups is 1. The lowest BCUT2D eigenvalue weighted by Crippen LogP contribution is -2.36. The molecule has 2 aromatic carbocycles. The number of hydrogen-bond donors (Lipinski definition) is 1. The quantitative estimate of drug-likeness (QED) is 0.873. The van der Waals surface area contributed by atoms with Gasteiger partial charge in [-0.2, -0.15) is 0 Å². The van der Waals surface area contributed by atoms with Crippen LogP contribution in [0.5, 0.6) is 0 Å². The number of anilines is 1. The van der Waals surface area contributed by atoms with E-state index in [1.807, 2.05) is 41.3 Å². The first-order valence-corrected chi connectivity index (χ1v) is 7.49. The highest BCUT2D eigenvalue weighted by molar-refractivity contribution is 6.34. The SMILES string of the molecule is NC1=NCC(c2cc(Cl)cc(Cl)c2)N1c1cccc(Cl)c1. The zero-order valence-corrected chi connectivity index (χ0v) is 13.2. The molecule has 0 fully saturated rings. The molecule has 0 spiro atoms. The third-order valence-corrected chi connectivity index (χ3v) is 4.01. The summed E-state index contributed by atoms with van der Waals surface area (Å²) >= 11 is 18.2. The second-order valence-electron chi connectivity index (χ2n) is 4.77. The van der Waals surface area contributed by atoms with Crippen LogP contribution in [-0.2, 0) is 0 Å². The van der Waals surface area contributed by atoms with E-state index >= 15 is 0 Å². The van der Waals surface area contributed by atoms with Gasteiger partial charge in [-0.05, 0) is 42.0 Å². The number of nitrogens with zero attached hydrogens (tertiary/aromatic N) is 2. The Morgan fingerprint density at radius 1 is 1.00 bits per heavy atom. The van der Waals surface area contributed by atoms with Crippen LogP contribution in [0, 0.1) is 0 Å². The van der Waals surface area contributed by atoms with Crippen molar-refractivity contribution in [1.82, 2.24) is 0 Å². The normalized spacial score (nSPS) is 18.0. The van der Waals surface area contributed by atoms with E-state index in [9.17, 15) is 0 Å². The second-order valence-corrected chi connectivity index (χ2v) is 6.08. The molecule has 0 saturated carbocycles. The summed E-state index contributed by atoms with van der Waals surface area (Å²) in [5.41, 5.74) is 7.89. The van der Waals surface area contributed by atoms with Crippen molar-refractivity contribution in [2.24, 2.45) is 10.7 Å². The van der Waals surface area contributed by atoms with Crippen molar-refractivity contribution in [1.29, 1.82) is 0 Å². The Morgan fingerprint density at radius 3 is 2.38 bits per heavy atom. The molecule has 108 valence electrons. The molecule has 0 saturated heterocycles. The van der Waals surface area contributed by atoms with Crippen molar-refractivity contribution in [3.8, 4) is 0 Å². The summed E-state index contributed by atoms with van der Waals surface area (Å²) in [6, 6.07) is 12.9. The summed E-state index contributed by atoms with van der Waals surface area (Å²) in [6.07, 6.45) is 0. The first kappa shape index (κ1) is 14.5. The summed E-state index contributed by atoms with van der Waals surface area (Å²) in [5.74, 6) is 0.457. The molecule has 1 atom stereocenters. The van der Waals surface area contributed by atoms with Gasteiger partial charge in [-0.1, -0.05) is 40.9 Å². The third kappa shape index (κ3) is 2.95. The Hall–Kier alpha value is -1.42. The average molecular weight is 341 g/mol. The topological polar surface area (TPSA) is 41.6 Å². The predicted octanol–water partition coefficient (Wildman–Crippen LogP) is 4.52. The number of nitrogens with two attached hydrogens (primary N) is 1. The highest BCUT2D eigenvalue weighted by Crippen LogP contribution is 2.34. The molecule has 3 rings (SSSR count). The lowest BCUT2D eigenvalue weighted by atomic mass is 10.1. The maximum absolute atomic E-state index is 6.09. The van der Waals surface area contributed by atoms with Crippen molar-refractivity contribution in [3.63, 3.8) is 0 Å². The molecule has 1 aliphatic rings. The van der Waals surface area contributed by atoms with Gasteiger partial charge in [0.15, 0.2) is 5.96 Å². The van der Waals surface area contributed by atoms with Crippen LogP contribution in [-0.4, -0.2) is 12.5 Å². The van der Waals surface area contributed by atoms with Gasteiger partial charge in [-0.3, -0.25) is 4.99 Å². The van der Waals surface area contributed by atoms with Crippen LogP contribution >= 0.6 is 34.8 Å². The fourth-order valence-corrected chi connectivity index (χ4v) is 3.19. The predicted molar refractivity (Wildman–Crippen MR) is 89.6 cm³/mol. The lowest BCUT2D eigenvalue weighted by molar-refractivity contribution is 0.769. The van der Waals surface area contributed by atoms with Crippen LogP contribution in [0.2, 0.25) is 15.1 Å². The molecule has 1 aliphatic heterocycles. The molecular weight excluding hydrogens is 329 g/mol. The first-order chi connectivity index (χ1) is 10.0. The number of rotatable bonds is 2. The zero-order chi connectivity index (χ0) is 15.0. The number of hydrogen-bond acceptors (Lipinski definition) is 3. The van der Waals surface area contributed by atoms with E-state index in [0.717, 1.165) is 11.3 Å². The monoisotopic (exact) mass is 339 g/mol. The molecule has 1 unspecified atom stereocenters. The molecule has 0 bridgehead atoms. The first-order valence-electron chi connectivity index (χ1n) is 6.35. The van der Waals surface area contributed by atoms with Gasteiger partial charge < -0.3 is 10.6 Å². The Labute approximate surface area is 137 Å². The molecule has 2 N–H and O–H groups in total. The largest absolute Gasteiger partial charge is 0.369 e. The smallest absolute Gasteiger partial charge is 0.196 e. The maximum Gasteiger partial charge on any atom is 0.196 e. The van der Waals surface area contributed by atoms with E-state index in [-0.39, 0.29) is 6.04 Å². The highest BCUT2D eigenvalue weighted by Gasteiger charge is 2.29. The minimum Gasteiger partial charge on any atom is -0.369 e. The highest BCUT2D eigenvalue weighted by atomic mass is 35.5. The van der Waals surface area contributed by atoms with Gasteiger partial charge in [0.25, 0.3) is 0 Å². The summed E-state index contributed by atoms with van der Waals surface area (Å²) in [5, 5.41) is 1.83. The van der Waals surface area contributed by atoms with Crippen molar-refractivity contribution < 1.29 is 0 Å². The zero-order valence-electron chi connectivity index (χ0n) is 10.9. The molecule has 0 aliphatic carbocycles. The van der Waals surface area contributed by atoms with Crippen molar-refractivity contribution >= 4 is 46.4 Å². The molecule has 21 heavy (non-hydrogen) atoms. The van der Waals surface area contributed by atoms with Crippen LogP contribution < -0.4 is 10.6 Å². The van der Waals surface area contributed by atoms with Crippen LogP contribution in [0.15, 0.2) is 47.5 Å².